The maximum atomic E-state index is 13.4. The first-order valence-corrected chi connectivity index (χ1v) is 5.72. The largest absolute Gasteiger partial charge is 0.351 e. The summed E-state index contributed by atoms with van der Waals surface area (Å²) in [7, 11) is 0. The summed E-state index contributed by atoms with van der Waals surface area (Å²) in [5, 5.41) is 7.18. The minimum Gasteiger partial charge on any atom is -0.351 e. The number of halogens is 2. The lowest BCUT2D eigenvalue weighted by atomic mass is 10.2. The molecule has 0 saturated heterocycles. The molecule has 1 aromatic heterocycles. The highest BCUT2D eigenvalue weighted by atomic mass is 19.1. The highest BCUT2D eigenvalue weighted by Gasteiger charge is 2.12. The molecule has 96 valence electrons. The molecule has 1 heterocycles. The van der Waals surface area contributed by atoms with Gasteiger partial charge in [-0.15, -0.1) is 0 Å². The summed E-state index contributed by atoms with van der Waals surface area (Å²) in [4.78, 5) is 0. The molecule has 0 fully saturated rings. The standard InChI is InChI=1S/C14H10F2N2O/c1-8-5-6-9(7-12(8)16)17-14-10-3-2-4-11(15)13(10)19-18-14/h2-7H,1H3,(H,17,18). The fourth-order valence-electron chi connectivity index (χ4n) is 1.83. The van der Waals surface area contributed by atoms with E-state index in [2.05, 4.69) is 10.5 Å². The van der Waals surface area contributed by atoms with Crippen molar-refractivity contribution in [3.8, 4) is 0 Å². The normalized spacial score (nSPS) is 10.9. The van der Waals surface area contributed by atoms with Gasteiger partial charge < -0.3 is 9.84 Å². The summed E-state index contributed by atoms with van der Waals surface area (Å²) in [6.07, 6.45) is 0. The predicted molar refractivity (Wildman–Crippen MR) is 68.4 cm³/mol. The number of nitrogens with zero attached hydrogens (tertiary/aromatic N) is 1. The second-order valence-electron chi connectivity index (χ2n) is 4.24. The van der Waals surface area contributed by atoms with Gasteiger partial charge in [0.05, 0.1) is 5.39 Å². The monoisotopic (exact) mass is 260 g/mol. The van der Waals surface area contributed by atoms with Crippen molar-refractivity contribution in [1.82, 2.24) is 5.16 Å². The Bertz CT molecular complexity index is 752. The molecule has 0 spiro atoms. The zero-order valence-electron chi connectivity index (χ0n) is 10.1. The maximum absolute atomic E-state index is 13.4. The van der Waals surface area contributed by atoms with Crippen LogP contribution < -0.4 is 5.32 Å². The third-order valence-corrected chi connectivity index (χ3v) is 2.88. The molecule has 19 heavy (non-hydrogen) atoms. The molecule has 5 heteroatoms. The molecule has 1 N–H and O–H groups in total. The zero-order valence-corrected chi connectivity index (χ0v) is 10.1. The molecule has 3 nitrogen and oxygen atoms in total. The molecule has 0 aliphatic carbocycles. The van der Waals surface area contributed by atoms with E-state index in [1.54, 1.807) is 31.2 Å². The zero-order chi connectivity index (χ0) is 13.4. The Morgan fingerprint density at radius 1 is 1.11 bits per heavy atom. The van der Waals surface area contributed by atoms with Crippen LogP contribution in [0.15, 0.2) is 40.9 Å². The van der Waals surface area contributed by atoms with Crippen LogP contribution in [0.1, 0.15) is 5.56 Å². The molecule has 3 aromatic rings. The van der Waals surface area contributed by atoms with E-state index in [1.165, 1.54) is 12.1 Å². The first-order valence-electron chi connectivity index (χ1n) is 5.72. The van der Waals surface area contributed by atoms with E-state index in [4.69, 9.17) is 4.52 Å². The van der Waals surface area contributed by atoms with E-state index < -0.39 is 5.82 Å². The minimum absolute atomic E-state index is 0.0811. The molecular formula is C14H10F2N2O. The maximum Gasteiger partial charge on any atom is 0.204 e. The van der Waals surface area contributed by atoms with Crippen LogP contribution in [0.3, 0.4) is 0 Å². The predicted octanol–water partition coefficient (Wildman–Crippen LogP) is 4.16. The summed E-state index contributed by atoms with van der Waals surface area (Å²) >= 11 is 0. The van der Waals surface area contributed by atoms with Crippen LogP contribution in [0.25, 0.3) is 11.0 Å². The molecule has 0 aliphatic heterocycles. The van der Waals surface area contributed by atoms with Gasteiger partial charge in [-0.3, -0.25) is 0 Å². The van der Waals surface area contributed by atoms with Crippen LogP contribution in [-0.4, -0.2) is 5.16 Å². The topological polar surface area (TPSA) is 38.1 Å². The molecule has 0 saturated carbocycles. The first-order chi connectivity index (χ1) is 9.15. The van der Waals surface area contributed by atoms with Crippen molar-refractivity contribution in [2.75, 3.05) is 5.32 Å². The first kappa shape index (κ1) is 11.6. The van der Waals surface area contributed by atoms with E-state index in [0.717, 1.165) is 0 Å². The number of fused-ring (bicyclic) bond motifs is 1. The Labute approximate surface area is 107 Å². The van der Waals surface area contributed by atoms with Gasteiger partial charge in [-0.1, -0.05) is 17.3 Å². The van der Waals surface area contributed by atoms with Gasteiger partial charge in [0.25, 0.3) is 0 Å². The van der Waals surface area contributed by atoms with Gasteiger partial charge in [0.15, 0.2) is 11.6 Å². The Hall–Kier alpha value is -2.43. The molecule has 0 atom stereocenters. The van der Waals surface area contributed by atoms with Crippen molar-refractivity contribution in [3.63, 3.8) is 0 Å². The molecule has 0 radical (unpaired) electrons. The summed E-state index contributed by atoms with van der Waals surface area (Å²) in [5.74, 6) is -0.435. The lowest BCUT2D eigenvalue weighted by Crippen LogP contribution is -1.92. The molecule has 0 amide bonds. The van der Waals surface area contributed by atoms with E-state index in [0.29, 0.717) is 22.5 Å². The summed E-state index contributed by atoms with van der Waals surface area (Å²) in [5.41, 5.74) is 1.17. The summed E-state index contributed by atoms with van der Waals surface area (Å²) in [6, 6.07) is 9.27. The van der Waals surface area contributed by atoms with Crippen LogP contribution >= 0.6 is 0 Å². The average Bonchev–Trinajstić information content (AvgIpc) is 2.79. The number of aromatic nitrogens is 1. The number of rotatable bonds is 2. The van der Waals surface area contributed by atoms with Crippen LogP contribution in [0.2, 0.25) is 0 Å². The highest BCUT2D eigenvalue weighted by Crippen LogP contribution is 2.27. The van der Waals surface area contributed by atoms with Crippen LogP contribution in [0.4, 0.5) is 20.3 Å². The van der Waals surface area contributed by atoms with Gasteiger partial charge in [0.1, 0.15) is 5.82 Å². The average molecular weight is 260 g/mol. The summed E-state index contributed by atoms with van der Waals surface area (Å²) < 4.78 is 31.8. The number of hydrogen-bond acceptors (Lipinski definition) is 3. The highest BCUT2D eigenvalue weighted by molar-refractivity contribution is 5.90. The van der Waals surface area contributed by atoms with Gasteiger partial charge in [-0.05, 0) is 36.8 Å². The molecular weight excluding hydrogens is 250 g/mol. The van der Waals surface area contributed by atoms with E-state index in [9.17, 15) is 8.78 Å². The third kappa shape index (κ3) is 2.03. The smallest absolute Gasteiger partial charge is 0.204 e. The van der Waals surface area contributed by atoms with Crippen molar-refractivity contribution in [3.05, 3.63) is 53.6 Å². The fourth-order valence-corrected chi connectivity index (χ4v) is 1.83. The minimum atomic E-state index is -0.479. The number of benzene rings is 2. The lowest BCUT2D eigenvalue weighted by Gasteiger charge is -2.04. The van der Waals surface area contributed by atoms with Crippen molar-refractivity contribution in [2.24, 2.45) is 0 Å². The molecule has 3 rings (SSSR count). The number of para-hydroxylation sites is 1. The second kappa shape index (κ2) is 4.35. The van der Waals surface area contributed by atoms with Crippen molar-refractivity contribution >= 4 is 22.5 Å². The van der Waals surface area contributed by atoms with E-state index in [1.807, 2.05) is 0 Å². The van der Waals surface area contributed by atoms with Gasteiger partial charge >= 0.3 is 0 Å². The van der Waals surface area contributed by atoms with Crippen LogP contribution in [0, 0.1) is 18.6 Å². The SMILES string of the molecule is Cc1ccc(Nc2noc3c(F)cccc23)cc1F. The molecule has 0 bridgehead atoms. The van der Waals surface area contributed by atoms with E-state index >= 15 is 0 Å². The molecule has 2 aromatic carbocycles. The van der Waals surface area contributed by atoms with E-state index in [-0.39, 0.29) is 11.4 Å². The van der Waals surface area contributed by atoms with Gasteiger partial charge in [0, 0.05) is 5.69 Å². The second-order valence-corrected chi connectivity index (χ2v) is 4.24. The molecule has 0 unspecified atom stereocenters. The third-order valence-electron chi connectivity index (χ3n) is 2.88. The van der Waals surface area contributed by atoms with Gasteiger partial charge in [-0.2, -0.15) is 0 Å². The van der Waals surface area contributed by atoms with Gasteiger partial charge in [0.2, 0.25) is 5.58 Å². The summed E-state index contributed by atoms with van der Waals surface area (Å²) in [6.45, 7) is 1.68. The van der Waals surface area contributed by atoms with Crippen molar-refractivity contribution in [2.45, 2.75) is 6.92 Å². The Kier molecular flexibility index (Phi) is 2.67. The Morgan fingerprint density at radius 3 is 2.74 bits per heavy atom. The van der Waals surface area contributed by atoms with Crippen molar-refractivity contribution < 1.29 is 13.3 Å². The number of nitrogens with one attached hydrogen (secondary N) is 1. The molecule has 0 aliphatic rings. The number of aryl methyl sites for hydroxylation is 1. The van der Waals surface area contributed by atoms with Crippen LogP contribution in [-0.2, 0) is 0 Å². The van der Waals surface area contributed by atoms with Crippen molar-refractivity contribution in [1.29, 1.82) is 0 Å². The van der Waals surface area contributed by atoms with Gasteiger partial charge in [-0.25, -0.2) is 8.78 Å². The lowest BCUT2D eigenvalue weighted by molar-refractivity contribution is 0.443. The quantitative estimate of drug-likeness (QED) is 0.751. The number of hydrogen-bond donors (Lipinski definition) is 1. The number of anilines is 2. The Balaban J connectivity index is 2.01. The van der Waals surface area contributed by atoms with Crippen LogP contribution in [0.5, 0.6) is 0 Å². The Morgan fingerprint density at radius 2 is 1.95 bits per heavy atom. The fraction of sp³-hybridized carbons (Fsp3) is 0.0714.